The van der Waals surface area contributed by atoms with Crippen molar-refractivity contribution in [2.75, 3.05) is 32.7 Å². The molecule has 0 bridgehead atoms. The monoisotopic (exact) mass is 185 g/mol. The molecule has 0 radical (unpaired) electrons. The van der Waals surface area contributed by atoms with Crippen molar-refractivity contribution in [2.24, 2.45) is 11.1 Å². The van der Waals surface area contributed by atoms with Crippen molar-refractivity contribution >= 4 is 0 Å². The minimum atomic E-state index is -0.306. The molecule has 76 valence electrons. The van der Waals surface area contributed by atoms with Crippen LogP contribution in [0.15, 0.2) is 0 Å². The standard InChI is InChI=1S/C9H19N3O/c10-7-9(1-2-9)8(13)12-5-3-11-4-6-12/h8,11,13H,1-7,10H2. The van der Waals surface area contributed by atoms with Crippen molar-refractivity contribution in [3.8, 4) is 0 Å². The van der Waals surface area contributed by atoms with Gasteiger partial charge in [-0.3, -0.25) is 4.90 Å². The minimum absolute atomic E-state index is 0.0390. The van der Waals surface area contributed by atoms with E-state index in [0.717, 1.165) is 39.0 Å². The predicted octanol–water partition coefficient (Wildman–Crippen LogP) is -1.05. The van der Waals surface area contributed by atoms with Crippen LogP contribution in [0.4, 0.5) is 0 Å². The van der Waals surface area contributed by atoms with E-state index in [4.69, 9.17) is 5.73 Å². The first-order valence-corrected chi connectivity index (χ1v) is 5.11. The lowest BCUT2D eigenvalue weighted by molar-refractivity contribution is -0.0535. The lowest BCUT2D eigenvalue weighted by atomic mass is 10.0. The number of nitrogens with two attached hydrogens (primary N) is 1. The zero-order valence-corrected chi connectivity index (χ0v) is 8.00. The molecule has 0 spiro atoms. The second-order valence-corrected chi connectivity index (χ2v) is 4.23. The Balaban J connectivity index is 1.91. The number of hydrogen-bond acceptors (Lipinski definition) is 4. The van der Waals surface area contributed by atoms with E-state index in [2.05, 4.69) is 10.2 Å². The Morgan fingerprint density at radius 2 is 2.00 bits per heavy atom. The third kappa shape index (κ3) is 1.72. The maximum absolute atomic E-state index is 10.1. The molecule has 4 N–H and O–H groups in total. The van der Waals surface area contributed by atoms with E-state index in [1.165, 1.54) is 0 Å². The van der Waals surface area contributed by atoms with Crippen LogP contribution in [0.1, 0.15) is 12.8 Å². The Hall–Kier alpha value is -0.160. The molecule has 1 aliphatic heterocycles. The fourth-order valence-electron chi connectivity index (χ4n) is 2.04. The van der Waals surface area contributed by atoms with E-state index >= 15 is 0 Å². The molecule has 2 rings (SSSR count). The molecule has 4 nitrogen and oxygen atoms in total. The lowest BCUT2D eigenvalue weighted by Gasteiger charge is -2.35. The Morgan fingerprint density at radius 1 is 1.38 bits per heavy atom. The van der Waals surface area contributed by atoms with Crippen LogP contribution in [0.2, 0.25) is 0 Å². The quantitative estimate of drug-likeness (QED) is 0.525. The summed E-state index contributed by atoms with van der Waals surface area (Å²) >= 11 is 0. The molecule has 2 fully saturated rings. The average molecular weight is 185 g/mol. The second-order valence-electron chi connectivity index (χ2n) is 4.23. The summed E-state index contributed by atoms with van der Waals surface area (Å²) in [4.78, 5) is 2.15. The average Bonchev–Trinajstić information content (AvgIpc) is 2.99. The summed E-state index contributed by atoms with van der Waals surface area (Å²) in [6, 6.07) is 0. The van der Waals surface area contributed by atoms with Crippen LogP contribution in [0, 0.1) is 5.41 Å². The molecule has 1 saturated carbocycles. The number of aliphatic hydroxyl groups excluding tert-OH is 1. The van der Waals surface area contributed by atoms with Crippen LogP contribution in [0.5, 0.6) is 0 Å². The molecular weight excluding hydrogens is 166 g/mol. The van der Waals surface area contributed by atoms with Gasteiger partial charge in [0.25, 0.3) is 0 Å². The summed E-state index contributed by atoms with van der Waals surface area (Å²) < 4.78 is 0. The highest BCUT2D eigenvalue weighted by Crippen LogP contribution is 2.48. The van der Waals surface area contributed by atoms with Gasteiger partial charge in [0, 0.05) is 38.1 Å². The van der Waals surface area contributed by atoms with Crippen molar-refractivity contribution in [2.45, 2.75) is 19.1 Å². The molecule has 1 unspecified atom stereocenters. The van der Waals surface area contributed by atoms with Gasteiger partial charge in [-0.2, -0.15) is 0 Å². The molecule has 0 amide bonds. The molecular formula is C9H19N3O. The van der Waals surface area contributed by atoms with Crippen LogP contribution < -0.4 is 11.1 Å². The van der Waals surface area contributed by atoms with Gasteiger partial charge in [0.05, 0.1) is 0 Å². The Morgan fingerprint density at radius 3 is 2.46 bits per heavy atom. The molecule has 1 atom stereocenters. The third-order valence-electron chi connectivity index (χ3n) is 3.34. The van der Waals surface area contributed by atoms with E-state index in [1.54, 1.807) is 0 Å². The van der Waals surface area contributed by atoms with Crippen molar-refractivity contribution in [1.82, 2.24) is 10.2 Å². The second kappa shape index (κ2) is 3.53. The van der Waals surface area contributed by atoms with Gasteiger partial charge in [-0.25, -0.2) is 0 Å². The molecule has 2 aliphatic rings. The fourth-order valence-corrected chi connectivity index (χ4v) is 2.04. The van der Waals surface area contributed by atoms with E-state index < -0.39 is 0 Å². The number of aliphatic hydroxyl groups is 1. The largest absolute Gasteiger partial charge is 0.378 e. The number of rotatable bonds is 3. The zero-order chi connectivity index (χ0) is 9.31. The van der Waals surface area contributed by atoms with Gasteiger partial charge < -0.3 is 16.2 Å². The SMILES string of the molecule is NCC1(C(O)N2CCNCC2)CC1. The maximum atomic E-state index is 10.1. The van der Waals surface area contributed by atoms with Gasteiger partial charge in [0.2, 0.25) is 0 Å². The van der Waals surface area contributed by atoms with E-state index in [1.807, 2.05) is 0 Å². The summed E-state index contributed by atoms with van der Waals surface area (Å²) in [6.07, 6.45) is 1.88. The lowest BCUT2D eigenvalue weighted by Crippen LogP contribution is -2.52. The van der Waals surface area contributed by atoms with Crippen LogP contribution >= 0.6 is 0 Å². The maximum Gasteiger partial charge on any atom is 0.114 e. The number of piperazine rings is 1. The van der Waals surface area contributed by atoms with Crippen LogP contribution in [0.25, 0.3) is 0 Å². The Kier molecular flexibility index (Phi) is 2.55. The first-order chi connectivity index (χ1) is 6.28. The highest BCUT2D eigenvalue weighted by molar-refractivity contribution is 4.99. The van der Waals surface area contributed by atoms with Crippen molar-refractivity contribution in [1.29, 1.82) is 0 Å². The van der Waals surface area contributed by atoms with Crippen molar-refractivity contribution in [3.05, 3.63) is 0 Å². The number of nitrogens with one attached hydrogen (secondary N) is 1. The van der Waals surface area contributed by atoms with Gasteiger partial charge in [0.15, 0.2) is 0 Å². The number of hydrogen-bond donors (Lipinski definition) is 3. The van der Waals surface area contributed by atoms with Crippen molar-refractivity contribution in [3.63, 3.8) is 0 Å². The van der Waals surface area contributed by atoms with Crippen molar-refractivity contribution < 1.29 is 5.11 Å². The fraction of sp³-hybridized carbons (Fsp3) is 1.00. The van der Waals surface area contributed by atoms with Gasteiger partial charge in [-0.15, -0.1) is 0 Å². The Labute approximate surface area is 79.1 Å². The topological polar surface area (TPSA) is 61.5 Å². The highest BCUT2D eigenvalue weighted by Gasteiger charge is 2.49. The Bertz CT molecular complexity index is 176. The summed E-state index contributed by atoms with van der Waals surface area (Å²) in [5, 5.41) is 13.4. The van der Waals surface area contributed by atoms with E-state index in [-0.39, 0.29) is 11.6 Å². The molecule has 1 heterocycles. The smallest absolute Gasteiger partial charge is 0.114 e. The summed E-state index contributed by atoms with van der Waals surface area (Å²) in [6.45, 7) is 4.49. The van der Waals surface area contributed by atoms with Crippen LogP contribution in [-0.2, 0) is 0 Å². The normalized spacial score (nSPS) is 30.0. The molecule has 13 heavy (non-hydrogen) atoms. The first kappa shape index (κ1) is 9.40. The molecule has 1 aliphatic carbocycles. The van der Waals surface area contributed by atoms with Gasteiger partial charge in [-0.05, 0) is 12.8 Å². The van der Waals surface area contributed by atoms with Crippen LogP contribution in [-0.4, -0.2) is 49.0 Å². The van der Waals surface area contributed by atoms with Crippen LogP contribution in [0.3, 0.4) is 0 Å². The van der Waals surface area contributed by atoms with E-state index in [9.17, 15) is 5.11 Å². The molecule has 0 aromatic rings. The predicted molar refractivity (Wildman–Crippen MR) is 51.2 cm³/mol. The molecule has 4 heteroatoms. The molecule has 0 aromatic carbocycles. The third-order valence-corrected chi connectivity index (χ3v) is 3.34. The minimum Gasteiger partial charge on any atom is -0.378 e. The van der Waals surface area contributed by atoms with Gasteiger partial charge in [-0.1, -0.05) is 0 Å². The van der Waals surface area contributed by atoms with E-state index in [0.29, 0.717) is 6.54 Å². The molecule has 1 saturated heterocycles. The highest BCUT2D eigenvalue weighted by atomic mass is 16.3. The summed E-state index contributed by atoms with van der Waals surface area (Å²) in [7, 11) is 0. The zero-order valence-electron chi connectivity index (χ0n) is 8.00. The number of nitrogens with zero attached hydrogens (tertiary/aromatic N) is 1. The first-order valence-electron chi connectivity index (χ1n) is 5.11. The van der Waals surface area contributed by atoms with Gasteiger partial charge in [0.1, 0.15) is 6.23 Å². The van der Waals surface area contributed by atoms with Gasteiger partial charge >= 0.3 is 0 Å². The molecule has 0 aromatic heterocycles. The summed E-state index contributed by atoms with van der Waals surface area (Å²) in [5.41, 5.74) is 5.71. The summed E-state index contributed by atoms with van der Waals surface area (Å²) in [5.74, 6) is 0.